The van der Waals surface area contributed by atoms with E-state index in [-0.39, 0.29) is 18.7 Å². The number of hydrogen-bond acceptors (Lipinski definition) is 5. The summed E-state index contributed by atoms with van der Waals surface area (Å²) < 4.78 is 5.30. The molecule has 8 nitrogen and oxygen atoms in total. The molecule has 1 aliphatic rings. The number of ketones is 1. The zero-order valence-electron chi connectivity index (χ0n) is 21.5. The van der Waals surface area contributed by atoms with Gasteiger partial charge in [0, 0.05) is 12.8 Å². The van der Waals surface area contributed by atoms with Crippen LogP contribution in [0.4, 0.5) is 4.79 Å². The zero-order valence-corrected chi connectivity index (χ0v) is 21.5. The van der Waals surface area contributed by atoms with Crippen LogP contribution < -0.4 is 16.0 Å². The fourth-order valence-electron chi connectivity index (χ4n) is 4.32. The molecule has 3 N–H and O–H groups in total. The van der Waals surface area contributed by atoms with E-state index in [1.165, 1.54) is 6.42 Å². The van der Waals surface area contributed by atoms with E-state index >= 15 is 0 Å². The van der Waals surface area contributed by atoms with Gasteiger partial charge in [0.25, 0.3) is 0 Å². The predicted molar refractivity (Wildman–Crippen MR) is 135 cm³/mol. The molecule has 2 rings (SSSR count). The number of rotatable bonds is 11. The smallest absolute Gasteiger partial charge is 0.408 e. The van der Waals surface area contributed by atoms with E-state index in [9.17, 15) is 19.2 Å². The van der Waals surface area contributed by atoms with Crippen molar-refractivity contribution in [3.8, 4) is 0 Å². The molecule has 0 saturated heterocycles. The van der Waals surface area contributed by atoms with Crippen molar-refractivity contribution in [3.63, 3.8) is 0 Å². The lowest BCUT2D eigenvalue weighted by Crippen LogP contribution is -2.52. The van der Waals surface area contributed by atoms with E-state index < -0.39 is 35.6 Å². The van der Waals surface area contributed by atoms with E-state index in [1.807, 2.05) is 30.3 Å². The summed E-state index contributed by atoms with van der Waals surface area (Å²) >= 11 is 0. The molecule has 8 heteroatoms. The number of amides is 3. The summed E-state index contributed by atoms with van der Waals surface area (Å²) in [5.74, 6) is -0.478. The Labute approximate surface area is 208 Å². The molecule has 0 unspecified atom stereocenters. The van der Waals surface area contributed by atoms with Crippen molar-refractivity contribution in [1.82, 2.24) is 16.0 Å². The lowest BCUT2D eigenvalue weighted by molar-refractivity contribution is -0.129. The molecule has 1 aromatic rings. The minimum Gasteiger partial charge on any atom is -0.444 e. The van der Waals surface area contributed by atoms with Gasteiger partial charge in [-0.1, -0.05) is 69.4 Å². The van der Waals surface area contributed by atoms with Gasteiger partial charge in [-0.2, -0.15) is 0 Å². The fraction of sp³-hybridized carbons (Fsp3) is 0.630. The third-order valence-electron chi connectivity index (χ3n) is 6.08. The first-order valence-corrected chi connectivity index (χ1v) is 12.7. The van der Waals surface area contributed by atoms with Crippen molar-refractivity contribution in [2.45, 2.75) is 96.7 Å². The van der Waals surface area contributed by atoms with Crippen LogP contribution in [-0.2, 0) is 25.5 Å². The highest BCUT2D eigenvalue weighted by molar-refractivity contribution is 5.92. The van der Waals surface area contributed by atoms with Crippen LogP contribution in [0.25, 0.3) is 0 Å². The number of carbonyl (C=O) groups is 4. The molecule has 0 bridgehead atoms. The summed E-state index contributed by atoms with van der Waals surface area (Å²) in [6, 6.07) is 7.82. The SMILES string of the molecule is CCC(=O)[C@H](CC1CCCCC1)NC(=O)CNC(=O)[C@H](Cc1ccccc1)NC(=O)OC(C)(C)C. The van der Waals surface area contributed by atoms with Crippen LogP contribution in [0.2, 0.25) is 0 Å². The van der Waals surface area contributed by atoms with Crippen LogP contribution in [-0.4, -0.2) is 47.9 Å². The molecule has 1 aromatic carbocycles. The summed E-state index contributed by atoms with van der Waals surface area (Å²) in [6.45, 7) is 6.73. The van der Waals surface area contributed by atoms with Crippen molar-refractivity contribution in [2.24, 2.45) is 5.92 Å². The number of ether oxygens (including phenoxy) is 1. The maximum atomic E-state index is 12.9. The Morgan fingerprint density at radius 1 is 0.971 bits per heavy atom. The van der Waals surface area contributed by atoms with Crippen molar-refractivity contribution in [3.05, 3.63) is 35.9 Å². The Kier molecular flexibility index (Phi) is 11.2. The maximum Gasteiger partial charge on any atom is 0.408 e. The molecule has 0 spiro atoms. The second-order valence-corrected chi connectivity index (χ2v) is 10.3. The molecule has 0 radical (unpaired) electrons. The Morgan fingerprint density at radius 3 is 2.23 bits per heavy atom. The number of Topliss-reactive ketones (excluding diaryl/α,β-unsaturated/α-hetero) is 1. The maximum absolute atomic E-state index is 12.9. The normalized spacial score (nSPS) is 16.0. The first-order valence-electron chi connectivity index (χ1n) is 12.7. The van der Waals surface area contributed by atoms with Gasteiger partial charge in [0.05, 0.1) is 12.6 Å². The van der Waals surface area contributed by atoms with Crippen LogP contribution in [0.15, 0.2) is 30.3 Å². The van der Waals surface area contributed by atoms with E-state index in [0.717, 1.165) is 31.2 Å². The first-order chi connectivity index (χ1) is 16.6. The van der Waals surface area contributed by atoms with Gasteiger partial charge in [0.15, 0.2) is 5.78 Å². The summed E-state index contributed by atoms with van der Waals surface area (Å²) in [5.41, 5.74) is 0.144. The van der Waals surface area contributed by atoms with Gasteiger partial charge in [-0.15, -0.1) is 0 Å². The second kappa shape index (κ2) is 13.9. The first kappa shape index (κ1) is 28.3. The number of benzene rings is 1. The quantitative estimate of drug-likeness (QED) is 0.441. The Bertz CT molecular complexity index is 844. The largest absolute Gasteiger partial charge is 0.444 e. The van der Waals surface area contributed by atoms with Gasteiger partial charge in [0.1, 0.15) is 11.6 Å². The molecule has 194 valence electrons. The monoisotopic (exact) mass is 487 g/mol. The number of carbonyl (C=O) groups excluding carboxylic acids is 4. The minimum atomic E-state index is -0.921. The Morgan fingerprint density at radius 2 is 1.63 bits per heavy atom. The van der Waals surface area contributed by atoms with Crippen molar-refractivity contribution >= 4 is 23.7 Å². The van der Waals surface area contributed by atoms with Gasteiger partial charge in [-0.05, 0) is 38.7 Å². The standard InChI is InChI=1S/C27H41N3O5/c1-5-23(31)21(16-19-12-8-6-9-13-19)29-24(32)18-28-25(33)22(17-20-14-10-7-11-15-20)30-26(34)35-27(2,3)4/h7,10-11,14-15,19,21-22H,5-6,8-9,12-13,16-18H2,1-4H3,(H,28,33)(H,29,32)(H,30,34)/t21-,22-/m0/s1. The molecule has 0 heterocycles. The molecule has 1 fully saturated rings. The van der Waals surface area contributed by atoms with Crippen LogP contribution in [0, 0.1) is 5.92 Å². The van der Waals surface area contributed by atoms with Crippen LogP contribution in [0.1, 0.15) is 78.2 Å². The average Bonchev–Trinajstić information content (AvgIpc) is 2.81. The molecule has 0 aromatic heterocycles. The van der Waals surface area contributed by atoms with Gasteiger partial charge < -0.3 is 20.7 Å². The molecule has 35 heavy (non-hydrogen) atoms. The van der Waals surface area contributed by atoms with Crippen molar-refractivity contribution in [1.29, 1.82) is 0 Å². The molecule has 3 amide bonds. The van der Waals surface area contributed by atoms with Gasteiger partial charge >= 0.3 is 6.09 Å². The third kappa shape index (κ3) is 10.9. The third-order valence-corrected chi connectivity index (χ3v) is 6.08. The fourth-order valence-corrected chi connectivity index (χ4v) is 4.32. The summed E-state index contributed by atoms with van der Waals surface area (Å²) in [7, 11) is 0. The topological polar surface area (TPSA) is 114 Å². The summed E-state index contributed by atoms with van der Waals surface area (Å²) in [5, 5.41) is 8.03. The van der Waals surface area contributed by atoms with Crippen LogP contribution >= 0.6 is 0 Å². The number of alkyl carbamates (subject to hydrolysis) is 1. The number of hydrogen-bond donors (Lipinski definition) is 3. The molecular formula is C27H41N3O5. The molecule has 0 aliphatic heterocycles. The van der Waals surface area contributed by atoms with E-state index in [2.05, 4.69) is 16.0 Å². The minimum absolute atomic E-state index is 0.00352. The molecule has 1 aliphatic carbocycles. The highest BCUT2D eigenvalue weighted by atomic mass is 16.6. The molecule has 2 atom stereocenters. The molecular weight excluding hydrogens is 446 g/mol. The summed E-state index contributed by atoms with van der Waals surface area (Å²) in [4.78, 5) is 50.3. The van der Waals surface area contributed by atoms with Crippen molar-refractivity contribution in [2.75, 3.05) is 6.54 Å². The average molecular weight is 488 g/mol. The summed E-state index contributed by atoms with van der Waals surface area (Å²) in [6.07, 6.45) is 6.24. The highest BCUT2D eigenvalue weighted by Gasteiger charge is 2.27. The van der Waals surface area contributed by atoms with Gasteiger partial charge in [-0.25, -0.2) is 4.79 Å². The Hall–Kier alpha value is -2.90. The number of nitrogens with one attached hydrogen (secondary N) is 3. The van der Waals surface area contributed by atoms with Crippen LogP contribution in [0.3, 0.4) is 0 Å². The Balaban J connectivity index is 1.96. The second-order valence-electron chi connectivity index (χ2n) is 10.3. The molecule has 1 saturated carbocycles. The lowest BCUT2D eigenvalue weighted by Gasteiger charge is -2.26. The van der Waals surface area contributed by atoms with Crippen LogP contribution in [0.5, 0.6) is 0 Å². The van der Waals surface area contributed by atoms with Gasteiger partial charge in [-0.3, -0.25) is 14.4 Å². The highest BCUT2D eigenvalue weighted by Crippen LogP contribution is 2.27. The predicted octanol–water partition coefficient (Wildman–Crippen LogP) is 3.67. The zero-order chi connectivity index (χ0) is 25.8. The van der Waals surface area contributed by atoms with Gasteiger partial charge in [0.2, 0.25) is 11.8 Å². The van der Waals surface area contributed by atoms with E-state index in [4.69, 9.17) is 4.74 Å². The van der Waals surface area contributed by atoms with E-state index in [1.54, 1.807) is 27.7 Å². The van der Waals surface area contributed by atoms with Crippen molar-refractivity contribution < 1.29 is 23.9 Å². The lowest BCUT2D eigenvalue weighted by atomic mass is 9.83. The van der Waals surface area contributed by atoms with E-state index in [0.29, 0.717) is 18.8 Å².